The maximum absolute atomic E-state index is 13.2. The second-order valence-electron chi connectivity index (χ2n) is 11.7. The molecule has 1 fully saturated rings. The van der Waals surface area contributed by atoms with E-state index in [-0.39, 0.29) is 25.4 Å². The van der Waals surface area contributed by atoms with Crippen LogP contribution in [-0.4, -0.2) is 76.6 Å². The van der Waals surface area contributed by atoms with Crippen LogP contribution < -0.4 is 19.5 Å². The Morgan fingerprint density at radius 2 is 1.91 bits per heavy atom. The largest absolute Gasteiger partial charge is 0.471 e. The van der Waals surface area contributed by atoms with E-state index in [1.54, 1.807) is 46.8 Å². The Balaban J connectivity index is 1.45. The zero-order valence-electron chi connectivity index (χ0n) is 24.7. The fraction of sp³-hybridized carbons (Fsp3) is 0.433. The molecule has 1 unspecified atom stereocenters. The second-order valence-corrected chi connectivity index (χ2v) is 12.6. The third-order valence-electron chi connectivity index (χ3n) is 6.64. The number of ether oxygens (including phenoxy) is 5. The van der Waals surface area contributed by atoms with Crippen LogP contribution in [0.5, 0.6) is 17.4 Å². The van der Waals surface area contributed by atoms with Crippen LogP contribution in [-0.2, 0) is 19.1 Å². The van der Waals surface area contributed by atoms with Gasteiger partial charge in [0.05, 0.1) is 19.2 Å². The smallest absolute Gasteiger partial charge is 0.408 e. The highest BCUT2D eigenvalue weighted by Gasteiger charge is 2.42. The molecule has 2 amide bonds. The molecule has 12 nitrogen and oxygen atoms in total. The van der Waals surface area contributed by atoms with Gasteiger partial charge in [-0.15, -0.1) is 0 Å². The van der Waals surface area contributed by atoms with E-state index in [2.05, 4.69) is 21.2 Å². The van der Waals surface area contributed by atoms with Crippen molar-refractivity contribution in [1.29, 1.82) is 0 Å². The molecule has 228 valence electrons. The number of hydrogen-bond donors (Lipinski definition) is 1. The van der Waals surface area contributed by atoms with Gasteiger partial charge in [0, 0.05) is 30.3 Å². The van der Waals surface area contributed by atoms with Gasteiger partial charge in [0.25, 0.3) is 0 Å². The normalized spacial score (nSPS) is 18.8. The van der Waals surface area contributed by atoms with E-state index >= 15 is 0 Å². The average molecular weight is 658 g/mol. The lowest BCUT2D eigenvalue weighted by Crippen LogP contribution is -2.46. The summed E-state index contributed by atoms with van der Waals surface area (Å²) in [6, 6.07) is 10.2. The lowest BCUT2D eigenvalue weighted by atomic mass is 10.1. The summed E-state index contributed by atoms with van der Waals surface area (Å²) in [7, 11) is 1.25. The number of nitrogens with one attached hydrogen (secondary N) is 1. The van der Waals surface area contributed by atoms with Crippen molar-refractivity contribution >= 4 is 44.9 Å². The standard InChI is InChI=1S/C30H33BrN4O8/c1-29(2,3)43-28(38)32-14-22(36)35-15-18(13-20(35)27(37)39-6)40-26-23(16-8-7-9-17(31)12-16)33-19-10-11-21-25(24(19)34-26)42-30(4,5)41-21/h7-12,18,20H,13-15H2,1-6H3,(H,32,38)/t18-,20?/m1/s1. The Kier molecular flexibility index (Phi) is 8.12. The highest BCUT2D eigenvalue weighted by atomic mass is 79.9. The summed E-state index contributed by atoms with van der Waals surface area (Å²) >= 11 is 3.51. The van der Waals surface area contributed by atoms with Gasteiger partial charge in [0.2, 0.25) is 17.6 Å². The van der Waals surface area contributed by atoms with Crippen molar-refractivity contribution in [3.05, 3.63) is 40.9 Å². The molecule has 0 aliphatic carbocycles. The SMILES string of the molecule is COC(=O)C1C[C@@H](Oc2nc3c4c(ccc3nc2-c2cccc(Br)c2)OC(C)(C)O4)CN1C(=O)CNC(=O)OC(C)(C)C. The number of likely N-dealkylation sites (tertiary alicyclic amines) is 1. The molecule has 2 aromatic carbocycles. The topological polar surface area (TPSA) is 138 Å². The first-order valence-electron chi connectivity index (χ1n) is 13.7. The van der Waals surface area contributed by atoms with E-state index in [4.69, 9.17) is 33.7 Å². The van der Waals surface area contributed by atoms with Crippen LogP contribution in [0.3, 0.4) is 0 Å². The molecule has 5 rings (SSSR count). The Bertz CT molecular complexity index is 1590. The molecule has 3 heterocycles. The number of amides is 2. The number of alkyl carbamates (subject to hydrolysis) is 1. The van der Waals surface area contributed by atoms with Gasteiger partial charge in [-0.25, -0.2) is 19.6 Å². The number of methoxy groups -OCH3 is 1. The molecular formula is C30H33BrN4O8. The van der Waals surface area contributed by atoms with Crippen molar-refractivity contribution in [3.8, 4) is 28.6 Å². The van der Waals surface area contributed by atoms with E-state index in [0.717, 1.165) is 10.0 Å². The first-order valence-corrected chi connectivity index (χ1v) is 14.5. The van der Waals surface area contributed by atoms with Gasteiger partial charge < -0.3 is 33.9 Å². The highest BCUT2D eigenvalue weighted by Crippen LogP contribution is 2.45. The van der Waals surface area contributed by atoms with Crippen LogP contribution in [0.2, 0.25) is 0 Å². The van der Waals surface area contributed by atoms with E-state index in [0.29, 0.717) is 28.2 Å². The van der Waals surface area contributed by atoms with Gasteiger partial charge in [-0.1, -0.05) is 28.1 Å². The van der Waals surface area contributed by atoms with Crippen molar-refractivity contribution in [1.82, 2.24) is 20.2 Å². The van der Waals surface area contributed by atoms with Crippen molar-refractivity contribution in [2.45, 2.75) is 64.6 Å². The zero-order chi connectivity index (χ0) is 31.1. The molecule has 0 saturated carbocycles. The van der Waals surface area contributed by atoms with E-state index in [9.17, 15) is 14.4 Å². The second kappa shape index (κ2) is 11.5. The van der Waals surface area contributed by atoms with Crippen LogP contribution in [0.1, 0.15) is 41.0 Å². The minimum Gasteiger partial charge on any atom is -0.471 e. The number of nitrogens with zero attached hydrogens (tertiary/aromatic N) is 3. The van der Waals surface area contributed by atoms with Crippen LogP contribution in [0.25, 0.3) is 22.3 Å². The van der Waals surface area contributed by atoms with Crippen molar-refractivity contribution in [3.63, 3.8) is 0 Å². The molecule has 2 aliphatic heterocycles. The molecule has 0 bridgehead atoms. The third kappa shape index (κ3) is 6.76. The summed E-state index contributed by atoms with van der Waals surface area (Å²) in [5, 5.41) is 2.45. The molecule has 1 aromatic heterocycles. The molecule has 0 spiro atoms. The van der Waals surface area contributed by atoms with Crippen molar-refractivity contribution in [2.24, 2.45) is 0 Å². The number of esters is 1. The molecule has 2 atom stereocenters. The highest BCUT2D eigenvalue weighted by molar-refractivity contribution is 9.10. The molecule has 3 aromatic rings. The maximum Gasteiger partial charge on any atom is 0.408 e. The fourth-order valence-electron chi connectivity index (χ4n) is 4.92. The Morgan fingerprint density at radius 1 is 1.14 bits per heavy atom. The van der Waals surface area contributed by atoms with E-state index in [1.165, 1.54) is 12.0 Å². The Hall–Kier alpha value is -4.13. The number of halogens is 1. The van der Waals surface area contributed by atoms with Crippen molar-refractivity contribution in [2.75, 3.05) is 20.2 Å². The summed E-state index contributed by atoms with van der Waals surface area (Å²) in [5.74, 6) is -0.787. The Morgan fingerprint density at radius 3 is 2.60 bits per heavy atom. The van der Waals surface area contributed by atoms with Crippen LogP contribution in [0, 0.1) is 0 Å². The number of fused-ring (bicyclic) bond motifs is 3. The minimum atomic E-state index is -0.924. The Labute approximate surface area is 257 Å². The average Bonchev–Trinajstić information content (AvgIpc) is 3.49. The first-order chi connectivity index (χ1) is 20.2. The van der Waals surface area contributed by atoms with Gasteiger partial charge in [-0.2, -0.15) is 0 Å². The number of benzene rings is 2. The molecule has 1 N–H and O–H groups in total. The summed E-state index contributed by atoms with van der Waals surface area (Å²) in [6.45, 7) is 8.44. The number of carbonyl (C=O) groups is 3. The molecule has 13 heteroatoms. The fourth-order valence-corrected chi connectivity index (χ4v) is 5.32. The van der Waals surface area contributed by atoms with Crippen LogP contribution in [0.15, 0.2) is 40.9 Å². The number of carbonyl (C=O) groups excluding carboxylic acids is 3. The van der Waals surface area contributed by atoms with Gasteiger partial charge in [0.15, 0.2) is 11.5 Å². The predicted molar refractivity (Wildman–Crippen MR) is 159 cm³/mol. The lowest BCUT2D eigenvalue weighted by Gasteiger charge is -2.23. The maximum atomic E-state index is 13.2. The zero-order valence-corrected chi connectivity index (χ0v) is 26.3. The quantitative estimate of drug-likeness (QED) is 0.374. The summed E-state index contributed by atoms with van der Waals surface area (Å²) in [6.07, 6.45) is -1.24. The van der Waals surface area contributed by atoms with Crippen LogP contribution >= 0.6 is 15.9 Å². The first kappa shape index (κ1) is 30.3. The van der Waals surface area contributed by atoms with Gasteiger partial charge >= 0.3 is 12.1 Å². The minimum absolute atomic E-state index is 0.0474. The number of rotatable bonds is 6. The lowest BCUT2D eigenvalue weighted by molar-refractivity contribution is -0.150. The van der Waals surface area contributed by atoms with Gasteiger partial charge in [0.1, 0.15) is 35.5 Å². The van der Waals surface area contributed by atoms with E-state index < -0.39 is 41.5 Å². The molecule has 2 aliphatic rings. The monoisotopic (exact) mass is 656 g/mol. The molecule has 1 saturated heterocycles. The summed E-state index contributed by atoms with van der Waals surface area (Å²) < 4.78 is 29.4. The molecular weight excluding hydrogens is 624 g/mol. The summed E-state index contributed by atoms with van der Waals surface area (Å²) in [5.41, 5.74) is 1.51. The molecule has 43 heavy (non-hydrogen) atoms. The molecule has 0 radical (unpaired) electrons. The third-order valence-corrected chi connectivity index (χ3v) is 7.13. The summed E-state index contributed by atoms with van der Waals surface area (Å²) in [4.78, 5) is 49.0. The van der Waals surface area contributed by atoms with E-state index in [1.807, 2.05) is 24.3 Å². The van der Waals surface area contributed by atoms with Gasteiger partial charge in [-0.3, -0.25) is 4.79 Å². The van der Waals surface area contributed by atoms with Crippen LogP contribution in [0.4, 0.5) is 4.79 Å². The number of hydrogen-bond acceptors (Lipinski definition) is 10. The number of aromatic nitrogens is 2. The predicted octanol–water partition coefficient (Wildman–Crippen LogP) is 4.61. The van der Waals surface area contributed by atoms with Gasteiger partial charge in [-0.05, 0) is 45.0 Å². The van der Waals surface area contributed by atoms with Crippen molar-refractivity contribution < 1.29 is 38.1 Å².